The fourth-order valence-electron chi connectivity index (χ4n) is 2.71. The fraction of sp³-hybridized carbons (Fsp3) is 0.500. The van der Waals surface area contributed by atoms with Crippen molar-refractivity contribution in [2.45, 2.75) is 30.7 Å². The molecule has 2 atom stereocenters. The van der Waals surface area contributed by atoms with Crippen molar-refractivity contribution in [3.8, 4) is 0 Å². The Morgan fingerprint density at radius 1 is 1.38 bits per heavy atom. The molecule has 1 aliphatic heterocycles. The average molecular weight is 355 g/mol. The predicted octanol–water partition coefficient (Wildman–Crippen LogP) is 1.01. The molecular weight excluding hydrogens is 334 g/mol. The lowest BCUT2D eigenvalue weighted by atomic mass is 9.93. The van der Waals surface area contributed by atoms with Gasteiger partial charge in [-0.2, -0.15) is 0 Å². The highest BCUT2D eigenvalue weighted by molar-refractivity contribution is 7.90. The highest BCUT2D eigenvalue weighted by Gasteiger charge is 2.32. The Balaban J connectivity index is 2.25. The molecule has 132 valence electrons. The average Bonchev–Trinajstić information content (AvgIpc) is 2.52. The van der Waals surface area contributed by atoms with Gasteiger partial charge in [0.05, 0.1) is 11.5 Å². The maximum Gasteiger partial charge on any atom is 0.326 e. The van der Waals surface area contributed by atoms with Crippen LogP contribution >= 0.6 is 0 Å². The van der Waals surface area contributed by atoms with Crippen molar-refractivity contribution in [1.29, 1.82) is 0 Å². The van der Waals surface area contributed by atoms with Crippen molar-refractivity contribution < 1.29 is 27.9 Å². The molecule has 0 bridgehead atoms. The zero-order valence-corrected chi connectivity index (χ0v) is 14.4. The summed E-state index contributed by atoms with van der Waals surface area (Å²) in [6.45, 7) is 2.53. The van der Waals surface area contributed by atoms with E-state index >= 15 is 0 Å². The molecule has 0 radical (unpaired) electrons. The topological polar surface area (TPSA) is 110 Å². The van der Waals surface area contributed by atoms with E-state index in [2.05, 4.69) is 5.32 Å². The zero-order valence-electron chi connectivity index (χ0n) is 13.6. The van der Waals surface area contributed by atoms with Crippen LogP contribution in [0.1, 0.15) is 28.8 Å². The summed E-state index contributed by atoms with van der Waals surface area (Å²) >= 11 is 0. The molecule has 1 saturated heterocycles. The van der Waals surface area contributed by atoms with Gasteiger partial charge in [0.1, 0.15) is 6.04 Å². The van der Waals surface area contributed by atoms with E-state index in [1.54, 1.807) is 6.92 Å². The summed E-state index contributed by atoms with van der Waals surface area (Å²) < 4.78 is 28.6. The van der Waals surface area contributed by atoms with E-state index in [-0.39, 0.29) is 23.0 Å². The lowest BCUT2D eigenvalue weighted by Crippen LogP contribution is -2.48. The van der Waals surface area contributed by atoms with Gasteiger partial charge < -0.3 is 15.2 Å². The van der Waals surface area contributed by atoms with E-state index in [0.717, 1.165) is 12.7 Å². The van der Waals surface area contributed by atoms with Gasteiger partial charge in [0.15, 0.2) is 9.84 Å². The third kappa shape index (κ3) is 4.33. The monoisotopic (exact) mass is 355 g/mol. The van der Waals surface area contributed by atoms with Gasteiger partial charge in [-0.15, -0.1) is 0 Å². The number of sulfone groups is 1. The highest BCUT2D eigenvalue weighted by Crippen LogP contribution is 2.20. The van der Waals surface area contributed by atoms with Crippen molar-refractivity contribution in [1.82, 2.24) is 5.32 Å². The van der Waals surface area contributed by atoms with Crippen LogP contribution in [0, 0.1) is 12.8 Å². The van der Waals surface area contributed by atoms with E-state index in [4.69, 9.17) is 4.74 Å². The SMILES string of the molecule is Cc1ccc(S(C)(=O)=O)cc1C(=O)NC(C(=O)O)C1CCCOC1. The summed E-state index contributed by atoms with van der Waals surface area (Å²) in [5, 5.41) is 11.9. The molecule has 1 aromatic rings. The first-order valence-electron chi connectivity index (χ1n) is 7.62. The van der Waals surface area contributed by atoms with Crippen molar-refractivity contribution in [2.75, 3.05) is 19.5 Å². The second-order valence-corrected chi connectivity index (χ2v) is 8.03. The zero-order chi connectivity index (χ0) is 17.9. The number of hydrogen-bond donors (Lipinski definition) is 2. The van der Waals surface area contributed by atoms with Crippen LogP contribution in [-0.4, -0.2) is 50.9 Å². The van der Waals surface area contributed by atoms with Gasteiger partial charge in [-0.25, -0.2) is 13.2 Å². The first-order chi connectivity index (χ1) is 11.2. The third-order valence-corrected chi connectivity index (χ3v) is 5.21. The molecule has 0 aliphatic carbocycles. The molecule has 0 saturated carbocycles. The van der Waals surface area contributed by atoms with E-state index in [1.807, 2.05) is 0 Å². The van der Waals surface area contributed by atoms with E-state index in [0.29, 0.717) is 18.6 Å². The molecule has 0 aromatic heterocycles. The van der Waals surface area contributed by atoms with Crippen molar-refractivity contribution in [3.63, 3.8) is 0 Å². The van der Waals surface area contributed by atoms with Crippen LogP contribution in [0.15, 0.2) is 23.1 Å². The number of ether oxygens (including phenoxy) is 1. The number of benzene rings is 1. The fourth-order valence-corrected chi connectivity index (χ4v) is 3.35. The summed E-state index contributed by atoms with van der Waals surface area (Å²) in [7, 11) is -3.46. The molecule has 24 heavy (non-hydrogen) atoms. The Kier molecular flexibility index (Phi) is 5.61. The minimum Gasteiger partial charge on any atom is -0.480 e. The summed E-state index contributed by atoms with van der Waals surface area (Å²) in [5.74, 6) is -2.04. The first kappa shape index (κ1) is 18.4. The van der Waals surface area contributed by atoms with Crippen LogP contribution in [0.3, 0.4) is 0 Å². The number of carboxylic acid groups (broad SMARTS) is 1. The number of carbonyl (C=O) groups excluding carboxylic acids is 1. The van der Waals surface area contributed by atoms with Gasteiger partial charge in [-0.3, -0.25) is 4.79 Å². The Labute approximate surface area is 140 Å². The number of nitrogens with one attached hydrogen (secondary N) is 1. The van der Waals surface area contributed by atoms with Crippen LogP contribution in [0.5, 0.6) is 0 Å². The van der Waals surface area contributed by atoms with Gasteiger partial charge in [-0.1, -0.05) is 6.07 Å². The quantitative estimate of drug-likeness (QED) is 0.816. The molecule has 8 heteroatoms. The Hall–Kier alpha value is -1.93. The van der Waals surface area contributed by atoms with E-state index in [9.17, 15) is 23.1 Å². The lowest BCUT2D eigenvalue weighted by molar-refractivity contribution is -0.142. The number of carboxylic acids is 1. The van der Waals surface area contributed by atoms with Crippen LogP contribution in [0.4, 0.5) is 0 Å². The Morgan fingerprint density at radius 2 is 2.08 bits per heavy atom. The van der Waals surface area contributed by atoms with Crippen LogP contribution < -0.4 is 5.32 Å². The second-order valence-electron chi connectivity index (χ2n) is 6.02. The van der Waals surface area contributed by atoms with Crippen molar-refractivity contribution in [2.24, 2.45) is 5.92 Å². The normalized spacial score (nSPS) is 19.5. The second kappa shape index (κ2) is 7.31. The maximum atomic E-state index is 12.5. The summed E-state index contributed by atoms with van der Waals surface area (Å²) in [4.78, 5) is 24.0. The Morgan fingerprint density at radius 3 is 2.62 bits per heavy atom. The van der Waals surface area contributed by atoms with Crippen molar-refractivity contribution >= 4 is 21.7 Å². The lowest BCUT2D eigenvalue weighted by Gasteiger charge is -2.28. The largest absolute Gasteiger partial charge is 0.480 e. The van der Waals surface area contributed by atoms with Gasteiger partial charge >= 0.3 is 5.97 Å². The molecule has 1 aliphatic rings. The smallest absolute Gasteiger partial charge is 0.326 e. The number of aryl methyl sites for hydroxylation is 1. The highest BCUT2D eigenvalue weighted by atomic mass is 32.2. The number of rotatable bonds is 5. The molecular formula is C16H21NO6S. The summed E-state index contributed by atoms with van der Waals surface area (Å²) in [5.41, 5.74) is 0.727. The summed E-state index contributed by atoms with van der Waals surface area (Å²) in [6.07, 6.45) is 2.45. The molecule has 1 aromatic carbocycles. The molecule has 1 amide bonds. The van der Waals surface area contributed by atoms with E-state index in [1.165, 1.54) is 18.2 Å². The standard InChI is InChI=1S/C16H21NO6S/c1-10-5-6-12(24(2,21)22)8-13(10)15(18)17-14(16(19)20)11-4-3-7-23-9-11/h5-6,8,11,14H,3-4,7,9H2,1-2H3,(H,17,18)(H,19,20). The number of aliphatic carboxylic acids is 1. The number of amides is 1. The predicted molar refractivity (Wildman–Crippen MR) is 86.7 cm³/mol. The molecule has 2 N–H and O–H groups in total. The minimum absolute atomic E-state index is 0.0196. The first-order valence-corrected chi connectivity index (χ1v) is 9.51. The number of hydrogen-bond acceptors (Lipinski definition) is 5. The van der Waals surface area contributed by atoms with Crippen LogP contribution in [-0.2, 0) is 19.4 Å². The summed E-state index contributed by atoms with van der Waals surface area (Å²) in [6, 6.07) is 3.16. The Bertz CT molecular complexity index is 737. The molecule has 2 unspecified atom stereocenters. The van der Waals surface area contributed by atoms with Gasteiger partial charge in [0, 0.05) is 24.3 Å². The number of carbonyl (C=O) groups is 2. The molecule has 2 rings (SSSR count). The van der Waals surface area contributed by atoms with Gasteiger partial charge in [0.25, 0.3) is 5.91 Å². The van der Waals surface area contributed by atoms with Crippen molar-refractivity contribution in [3.05, 3.63) is 29.3 Å². The maximum absolute atomic E-state index is 12.5. The van der Waals surface area contributed by atoms with Gasteiger partial charge in [-0.05, 0) is 37.5 Å². The molecule has 7 nitrogen and oxygen atoms in total. The molecule has 0 spiro atoms. The minimum atomic E-state index is -3.46. The molecule has 1 heterocycles. The van der Waals surface area contributed by atoms with Gasteiger partial charge in [0.2, 0.25) is 0 Å². The van der Waals surface area contributed by atoms with Crippen LogP contribution in [0.2, 0.25) is 0 Å². The van der Waals surface area contributed by atoms with Crippen LogP contribution in [0.25, 0.3) is 0 Å². The molecule has 1 fully saturated rings. The third-order valence-electron chi connectivity index (χ3n) is 4.10. The van der Waals surface area contributed by atoms with E-state index < -0.39 is 27.8 Å².